The number of carbonyl (C=O) groups is 1. The zero-order valence-corrected chi connectivity index (χ0v) is 14.9. The number of benzene rings is 2. The molecule has 0 atom stereocenters. The van der Waals surface area contributed by atoms with Crippen LogP contribution >= 0.6 is 11.8 Å². The molecule has 1 aromatic heterocycles. The molecule has 0 aliphatic carbocycles. The zero-order chi connectivity index (χ0) is 19.2. The highest BCUT2D eigenvalue weighted by molar-refractivity contribution is 7.99. The number of nitrogens with zero attached hydrogens (tertiary/aromatic N) is 2. The number of halogens is 2. The lowest BCUT2D eigenvalue weighted by Gasteiger charge is -2.07. The highest BCUT2D eigenvalue weighted by Gasteiger charge is 2.12. The van der Waals surface area contributed by atoms with Crippen molar-refractivity contribution in [1.29, 1.82) is 0 Å². The van der Waals surface area contributed by atoms with Crippen molar-refractivity contribution in [3.63, 3.8) is 0 Å². The molecule has 3 rings (SSSR count). The third kappa shape index (κ3) is 5.04. The Balaban J connectivity index is 1.58. The second-order valence-electron chi connectivity index (χ2n) is 5.66. The van der Waals surface area contributed by atoms with Crippen molar-refractivity contribution in [2.75, 3.05) is 11.1 Å². The van der Waals surface area contributed by atoms with E-state index in [-0.39, 0.29) is 17.1 Å². The molecule has 0 bridgehead atoms. The number of H-pyrrole nitrogens is 1. The first-order valence-electron chi connectivity index (χ1n) is 8.10. The summed E-state index contributed by atoms with van der Waals surface area (Å²) in [5.74, 6) is -2.48. The van der Waals surface area contributed by atoms with Gasteiger partial charge in [0.2, 0.25) is 5.91 Å². The molecule has 2 N–H and O–H groups in total. The van der Waals surface area contributed by atoms with E-state index in [1.165, 1.54) is 10.6 Å². The summed E-state index contributed by atoms with van der Waals surface area (Å²) in [6.07, 6.45) is 0.648. The Hall–Kier alpha value is -2.94. The molecule has 3 aromatic rings. The van der Waals surface area contributed by atoms with Gasteiger partial charge in [0.15, 0.2) is 16.8 Å². The van der Waals surface area contributed by atoms with Crippen LogP contribution in [-0.4, -0.2) is 26.4 Å². The van der Waals surface area contributed by atoms with Crippen LogP contribution < -0.4 is 11.0 Å². The molecule has 27 heavy (non-hydrogen) atoms. The van der Waals surface area contributed by atoms with Crippen LogP contribution in [0.15, 0.2) is 58.5 Å². The highest BCUT2D eigenvalue weighted by Crippen LogP contribution is 2.16. The van der Waals surface area contributed by atoms with E-state index in [0.29, 0.717) is 18.1 Å². The van der Waals surface area contributed by atoms with E-state index in [1.807, 2.05) is 30.3 Å². The molecule has 0 saturated carbocycles. The molecule has 0 unspecified atom stereocenters. The molecule has 9 heteroatoms. The van der Waals surface area contributed by atoms with Crippen LogP contribution in [0.5, 0.6) is 0 Å². The number of amides is 1. The maximum Gasteiger partial charge on any atom is 0.343 e. The van der Waals surface area contributed by atoms with Gasteiger partial charge in [-0.2, -0.15) is 0 Å². The third-order valence-corrected chi connectivity index (χ3v) is 4.70. The first-order valence-corrected chi connectivity index (χ1v) is 9.08. The molecule has 1 amide bonds. The average molecular weight is 390 g/mol. The van der Waals surface area contributed by atoms with Gasteiger partial charge in [-0.15, -0.1) is 5.10 Å². The van der Waals surface area contributed by atoms with E-state index in [2.05, 4.69) is 15.5 Å². The number of aromatic amines is 1. The summed E-state index contributed by atoms with van der Waals surface area (Å²) in [7, 11) is 0. The van der Waals surface area contributed by atoms with Gasteiger partial charge in [0.25, 0.3) is 0 Å². The fourth-order valence-corrected chi connectivity index (χ4v) is 3.17. The average Bonchev–Trinajstić information content (AvgIpc) is 3.02. The minimum atomic E-state index is -1.04. The van der Waals surface area contributed by atoms with E-state index in [1.54, 1.807) is 0 Å². The van der Waals surface area contributed by atoms with E-state index in [9.17, 15) is 18.4 Å². The normalized spacial score (nSPS) is 10.7. The number of rotatable bonds is 7. The molecular formula is C18H16F2N4O2S. The summed E-state index contributed by atoms with van der Waals surface area (Å²) >= 11 is 1.08. The summed E-state index contributed by atoms with van der Waals surface area (Å²) in [5, 5.41) is 9.16. The predicted molar refractivity (Wildman–Crippen MR) is 98.7 cm³/mol. The molecule has 0 saturated heterocycles. The zero-order valence-electron chi connectivity index (χ0n) is 14.1. The lowest BCUT2D eigenvalue weighted by atomic mass is 10.1. The summed E-state index contributed by atoms with van der Waals surface area (Å²) in [6, 6.07) is 12.8. The van der Waals surface area contributed by atoms with Gasteiger partial charge in [-0.3, -0.25) is 9.36 Å². The Bertz CT molecular complexity index is 989. The van der Waals surface area contributed by atoms with Crippen molar-refractivity contribution in [2.45, 2.75) is 18.1 Å². The molecule has 0 radical (unpaired) electrons. The van der Waals surface area contributed by atoms with E-state index in [0.717, 1.165) is 29.5 Å². The number of thioether (sulfide) groups is 1. The Morgan fingerprint density at radius 1 is 1.15 bits per heavy atom. The summed E-state index contributed by atoms with van der Waals surface area (Å²) in [5.41, 5.74) is 0.884. The lowest BCUT2D eigenvalue weighted by Crippen LogP contribution is -2.20. The molecule has 0 fully saturated rings. The van der Waals surface area contributed by atoms with Crippen molar-refractivity contribution >= 4 is 23.4 Å². The predicted octanol–water partition coefficient (Wildman–Crippen LogP) is 2.82. The second-order valence-corrected chi connectivity index (χ2v) is 6.61. The quantitative estimate of drug-likeness (QED) is 0.608. The van der Waals surface area contributed by atoms with E-state index in [4.69, 9.17) is 0 Å². The molecule has 140 valence electrons. The minimum absolute atomic E-state index is 0.0331. The van der Waals surface area contributed by atoms with Gasteiger partial charge in [-0.05, 0) is 24.1 Å². The first-order chi connectivity index (χ1) is 13.0. The maximum atomic E-state index is 13.2. The standard InChI is InChI=1S/C18H16F2N4O2S/c19-14-7-6-13(10-15(14)20)21-16(25)11-27-18-23-22-17(26)24(18)9-8-12-4-2-1-3-5-12/h1-7,10H,8-9,11H2,(H,21,25)(H,22,26). The van der Waals surface area contributed by atoms with E-state index >= 15 is 0 Å². The fourth-order valence-electron chi connectivity index (χ4n) is 2.40. The molecule has 1 heterocycles. The van der Waals surface area contributed by atoms with Crippen LogP contribution in [0.25, 0.3) is 0 Å². The number of hydrogen-bond donors (Lipinski definition) is 2. The van der Waals surface area contributed by atoms with Crippen LogP contribution in [0.1, 0.15) is 5.56 Å². The van der Waals surface area contributed by atoms with Crippen LogP contribution in [0, 0.1) is 11.6 Å². The Kier molecular flexibility index (Phi) is 6.02. The number of carbonyl (C=O) groups excluding carboxylic acids is 1. The Morgan fingerprint density at radius 3 is 2.67 bits per heavy atom. The lowest BCUT2D eigenvalue weighted by molar-refractivity contribution is -0.113. The Labute approximate surface area is 157 Å². The molecule has 0 spiro atoms. The van der Waals surface area contributed by atoms with Crippen molar-refractivity contribution in [3.05, 3.63) is 76.2 Å². The van der Waals surface area contributed by atoms with Gasteiger partial charge in [-0.25, -0.2) is 18.7 Å². The van der Waals surface area contributed by atoms with Crippen molar-refractivity contribution in [1.82, 2.24) is 14.8 Å². The summed E-state index contributed by atoms with van der Waals surface area (Å²) in [6.45, 7) is 0.423. The van der Waals surface area contributed by atoms with E-state index < -0.39 is 17.5 Å². The number of aryl methyl sites for hydroxylation is 1. The first kappa shape index (κ1) is 18.8. The maximum absolute atomic E-state index is 13.2. The van der Waals surface area contributed by atoms with Gasteiger partial charge in [0, 0.05) is 18.3 Å². The minimum Gasteiger partial charge on any atom is -0.325 e. The van der Waals surface area contributed by atoms with Crippen molar-refractivity contribution in [2.24, 2.45) is 0 Å². The van der Waals surface area contributed by atoms with Gasteiger partial charge in [-0.1, -0.05) is 42.1 Å². The highest BCUT2D eigenvalue weighted by atomic mass is 32.2. The van der Waals surface area contributed by atoms with Crippen LogP contribution in [0.2, 0.25) is 0 Å². The summed E-state index contributed by atoms with van der Waals surface area (Å²) < 4.78 is 27.5. The number of nitrogens with one attached hydrogen (secondary N) is 2. The summed E-state index contributed by atoms with van der Waals surface area (Å²) in [4.78, 5) is 23.9. The largest absolute Gasteiger partial charge is 0.343 e. The van der Waals surface area contributed by atoms with Crippen LogP contribution in [-0.2, 0) is 17.8 Å². The molecule has 0 aliphatic rings. The van der Waals surface area contributed by atoms with Gasteiger partial charge in [0.05, 0.1) is 5.75 Å². The van der Waals surface area contributed by atoms with Crippen LogP contribution in [0.4, 0.5) is 14.5 Å². The number of aromatic nitrogens is 3. The van der Waals surface area contributed by atoms with Crippen molar-refractivity contribution in [3.8, 4) is 0 Å². The topological polar surface area (TPSA) is 79.8 Å². The Morgan fingerprint density at radius 2 is 1.93 bits per heavy atom. The molecule has 6 nitrogen and oxygen atoms in total. The third-order valence-electron chi connectivity index (χ3n) is 3.73. The van der Waals surface area contributed by atoms with Gasteiger partial charge in [0.1, 0.15) is 0 Å². The van der Waals surface area contributed by atoms with Crippen LogP contribution in [0.3, 0.4) is 0 Å². The number of anilines is 1. The fraction of sp³-hybridized carbons (Fsp3) is 0.167. The molecule has 2 aromatic carbocycles. The second kappa shape index (κ2) is 8.63. The van der Waals surface area contributed by atoms with Gasteiger partial charge < -0.3 is 5.32 Å². The van der Waals surface area contributed by atoms with Gasteiger partial charge >= 0.3 is 5.69 Å². The molecular weight excluding hydrogens is 374 g/mol. The molecule has 0 aliphatic heterocycles. The van der Waals surface area contributed by atoms with Crippen molar-refractivity contribution < 1.29 is 13.6 Å². The smallest absolute Gasteiger partial charge is 0.325 e. The monoisotopic (exact) mass is 390 g/mol. The number of hydrogen-bond acceptors (Lipinski definition) is 4. The SMILES string of the molecule is O=C(CSc1n[nH]c(=O)n1CCc1ccccc1)Nc1ccc(F)c(F)c1.